The Bertz CT molecular complexity index is 986. The van der Waals surface area contributed by atoms with Gasteiger partial charge < -0.3 is 10.6 Å². The van der Waals surface area contributed by atoms with Gasteiger partial charge in [-0.25, -0.2) is 9.97 Å². The Morgan fingerprint density at radius 3 is 2.81 bits per heavy atom. The molecule has 1 fully saturated rings. The molecule has 140 valence electrons. The van der Waals surface area contributed by atoms with Crippen molar-refractivity contribution >= 4 is 22.9 Å². The average Bonchev–Trinajstić information content (AvgIpc) is 3.37. The van der Waals surface area contributed by atoms with E-state index in [0.717, 1.165) is 52.9 Å². The first-order valence-corrected chi connectivity index (χ1v) is 9.82. The van der Waals surface area contributed by atoms with Crippen LogP contribution in [0.15, 0.2) is 18.2 Å². The number of hydrogen-bond acceptors (Lipinski definition) is 6. The lowest BCUT2D eigenvalue weighted by Gasteiger charge is -2.09. The molecule has 1 atom stereocenters. The number of aryl methyl sites for hydroxylation is 3. The molecular weight excluding hydrogens is 360 g/mol. The van der Waals surface area contributed by atoms with Gasteiger partial charge in [-0.1, -0.05) is 12.1 Å². The van der Waals surface area contributed by atoms with Crippen LogP contribution in [0.5, 0.6) is 0 Å². The van der Waals surface area contributed by atoms with Crippen molar-refractivity contribution in [2.24, 2.45) is 0 Å². The second-order valence-electron chi connectivity index (χ2n) is 6.88. The van der Waals surface area contributed by atoms with Crippen molar-refractivity contribution in [3.8, 4) is 11.4 Å². The van der Waals surface area contributed by atoms with Crippen molar-refractivity contribution in [1.82, 2.24) is 25.5 Å². The Labute approximate surface area is 161 Å². The summed E-state index contributed by atoms with van der Waals surface area (Å²) in [7, 11) is 0. The molecule has 1 aliphatic rings. The number of H-pyrrole nitrogens is 1. The van der Waals surface area contributed by atoms with Gasteiger partial charge in [0.15, 0.2) is 5.82 Å². The highest BCUT2D eigenvalue weighted by Gasteiger charge is 2.24. The topological polar surface area (TPSA) is 95.6 Å². The van der Waals surface area contributed by atoms with Crippen LogP contribution in [0.2, 0.25) is 0 Å². The normalized spacial score (nSPS) is 16.6. The fourth-order valence-electron chi connectivity index (χ4n) is 3.21. The highest BCUT2D eigenvalue weighted by Crippen LogP contribution is 2.30. The molecule has 3 heterocycles. The quantitative estimate of drug-likeness (QED) is 0.644. The van der Waals surface area contributed by atoms with E-state index in [2.05, 4.69) is 30.8 Å². The van der Waals surface area contributed by atoms with E-state index in [1.165, 1.54) is 11.3 Å². The van der Waals surface area contributed by atoms with E-state index in [9.17, 15) is 4.79 Å². The second-order valence-corrected chi connectivity index (χ2v) is 7.92. The zero-order valence-corrected chi connectivity index (χ0v) is 16.4. The standard InChI is InChI=1S/C19H22N6OS/c1-10-4-5-13(17-22-12(3)24-25-17)8-15(10)23-18(26)16-11(2)21-19(27-16)14-6-7-20-9-14/h4-5,8,14,20H,6-7,9H2,1-3H3,(H,23,26)(H,22,24,25). The van der Waals surface area contributed by atoms with Crippen molar-refractivity contribution < 1.29 is 4.79 Å². The molecule has 3 N–H and O–H groups in total. The Hall–Kier alpha value is -2.58. The molecule has 0 saturated carbocycles. The third kappa shape index (κ3) is 3.63. The van der Waals surface area contributed by atoms with Crippen LogP contribution in [0, 0.1) is 20.8 Å². The minimum absolute atomic E-state index is 0.117. The van der Waals surface area contributed by atoms with Gasteiger partial charge in [0.25, 0.3) is 5.91 Å². The van der Waals surface area contributed by atoms with E-state index in [1.807, 2.05) is 39.0 Å². The molecule has 8 heteroatoms. The summed E-state index contributed by atoms with van der Waals surface area (Å²) in [4.78, 5) is 22.5. The van der Waals surface area contributed by atoms with E-state index in [-0.39, 0.29) is 5.91 Å². The van der Waals surface area contributed by atoms with Gasteiger partial charge >= 0.3 is 0 Å². The molecule has 0 aliphatic carbocycles. The van der Waals surface area contributed by atoms with Crippen LogP contribution in [0.4, 0.5) is 5.69 Å². The molecular formula is C19H22N6OS. The van der Waals surface area contributed by atoms with E-state index < -0.39 is 0 Å². The molecule has 0 spiro atoms. The Balaban J connectivity index is 1.57. The third-order valence-electron chi connectivity index (χ3n) is 4.77. The number of carbonyl (C=O) groups excluding carboxylic acids is 1. The van der Waals surface area contributed by atoms with Gasteiger partial charge in [-0.05, 0) is 45.4 Å². The predicted molar refractivity (Wildman–Crippen MR) is 106 cm³/mol. The number of nitrogens with zero attached hydrogens (tertiary/aromatic N) is 3. The van der Waals surface area contributed by atoms with Crippen LogP contribution in [0.25, 0.3) is 11.4 Å². The summed E-state index contributed by atoms with van der Waals surface area (Å²) < 4.78 is 0. The molecule has 7 nitrogen and oxygen atoms in total. The third-order valence-corrected chi connectivity index (χ3v) is 6.09. The SMILES string of the molecule is Cc1nc(-c2ccc(C)c(NC(=O)c3sc(C4CCNC4)nc3C)c2)n[nH]1. The summed E-state index contributed by atoms with van der Waals surface area (Å²) in [6.07, 6.45) is 1.07. The Kier molecular flexibility index (Phi) is 4.75. The molecule has 27 heavy (non-hydrogen) atoms. The summed E-state index contributed by atoms with van der Waals surface area (Å²) in [6, 6.07) is 5.83. The number of benzene rings is 1. The average molecular weight is 382 g/mol. The van der Waals surface area contributed by atoms with Crippen LogP contribution in [0.1, 0.15) is 44.1 Å². The number of carbonyl (C=O) groups is 1. The van der Waals surface area contributed by atoms with Gasteiger partial charge in [-0.15, -0.1) is 11.3 Å². The maximum atomic E-state index is 12.9. The van der Waals surface area contributed by atoms with Crippen molar-refractivity contribution in [1.29, 1.82) is 0 Å². The minimum Gasteiger partial charge on any atom is -0.321 e. The molecule has 1 saturated heterocycles. The van der Waals surface area contributed by atoms with Gasteiger partial charge in [0.1, 0.15) is 10.7 Å². The van der Waals surface area contributed by atoms with Crippen molar-refractivity contribution in [3.63, 3.8) is 0 Å². The minimum atomic E-state index is -0.117. The number of thiazole rings is 1. The smallest absolute Gasteiger partial charge is 0.267 e. The molecule has 4 rings (SSSR count). The zero-order chi connectivity index (χ0) is 19.0. The first-order valence-electron chi connectivity index (χ1n) is 9.00. The molecule has 1 aromatic carbocycles. The molecule has 2 aromatic heterocycles. The second kappa shape index (κ2) is 7.21. The Morgan fingerprint density at radius 2 is 2.11 bits per heavy atom. The lowest BCUT2D eigenvalue weighted by molar-refractivity contribution is 0.102. The number of rotatable bonds is 4. The molecule has 0 bridgehead atoms. The van der Waals surface area contributed by atoms with Crippen molar-refractivity contribution in [3.05, 3.63) is 45.2 Å². The van der Waals surface area contributed by atoms with Gasteiger partial charge in [-0.2, -0.15) is 5.10 Å². The van der Waals surface area contributed by atoms with E-state index in [4.69, 9.17) is 0 Å². The summed E-state index contributed by atoms with van der Waals surface area (Å²) in [5, 5.41) is 14.5. The fraction of sp³-hybridized carbons (Fsp3) is 0.368. The largest absolute Gasteiger partial charge is 0.321 e. The predicted octanol–water partition coefficient (Wildman–Crippen LogP) is 3.18. The Morgan fingerprint density at radius 1 is 1.26 bits per heavy atom. The van der Waals surface area contributed by atoms with Crippen LogP contribution < -0.4 is 10.6 Å². The zero-order valence-electron chi connectivity index (χ0n) is 15.6. The molecule has 1 amide bonds. The van der Waals surface area contributed by atoms with Gasteiger partial charge in [0.05, 0.1) is 10.7 Å². The summed E-state index contributed by atoms with van der Waals surface area (Å²) in [6.45, 7) is 7.68. The molecule has 1 aliphatic heterocycles. The monoisotopic (exact) mass is 382 g/mol. The first-order chi connectivity index (χ1) is 13.0. The van der Waals surface area contributed by atoms with Crippen molar-refractivity contribution in [2.75, 3.05) is 18.4 Å². The summed E-state index contributed by atoms with van der Waals surface area (Å²) in [5.74, 6) is 1.67. The van der Waals surface area contributed by atoms with Gasteiger partial charge in [0, 0.05) is 23.7 Å². The van der Waals surface area contributed by atoms with E-state index in [0.29, 0.717) is 16.6 Å². The number of aromatic amines is 1. The molecule has 3 aromatic rings. The summed E-state index contributed by atoms with van der Waals surface area (Å²) in [5.41, 5.74) is 3.40. The van der Waals surface area contributed by atoms with Crippen LogP contribution >= 0.6 is 11.3 Å². The van der Waals surface area contributed by atoms with Gasteiger partial charge in [-0.3, -0.25) is 9.89 Å². The number of amides is 1. The maximum absolute atomic E-state index is 12.9. The lowest BCUT2D eigenvalue weighted by Crippen LogP contribution is -2.12. The highest BCUT2D eigenvalue weighted by atomic mass is 32.1. The van der Waals surface area contributed by atoms with Gasteiger partial charge in [0.2, 0.25) is 0 Å². The fourth-order valence-corrected chi connectivity index (χ4v) is 4.31. The number of aromatic nitrogens is 4. The number of hydrogen-bond donors (Lipinski definition) is 3. The van der Waals surface area contributed by atoms with E-state index in [1.54, 1.807) is 0 Å². The van der Waals surface area contributed by atoms with Crippen LogP contribution in [0.3, 0.4) is 0 Å². The summed E-state index contributed by atoms with van der Waals surface area (Å²) >= 11 is 1.50. The highest BCUT2D eigenvalue weighted by molar-refractivity contribution is 7.14. The van der Waals surface area contributed by atoms with Crippen molar-refractivity contribution in [2.45, 2.75) is 33.1 Å². The molecule has 0 radical (unpaired) electrons. The van der Waals surface area contributed by atoms with Crippen LogP contribution in [-0.2, 0) is 0 Å². The molecule has 1 unspecified atom stereocenters. The maximum Gasteiger partial charge on any atom is 0.267 e. The van der Waals surface area contributed by atoms with Crippen LogP contribution in [-0.4, -0.2) is 39.2 Å². The lowest BCUT2D eigenvalue weighted by atomic mass is 10.1. The number of anilines is 1. The van der Waals surface area contributed by atoms with E-state index >= 15 is 0 Å². The first kappa shape index (κ1) is 17.8. The number of nitrogens with one attached hydrogen (secondary N) is 3.